The zero-order chi connectivity index (χ0) is 7.23. The van der Waals surface area contributed by atoms with Gasteiger partial charge in [-0.25, -0.2) is 4.57 Å². The van der Waals surface area contributed by atoms with Crippen LogP contribution in [-0.4, -0.2) is 5.88 Å². The lowest BCUT2D eigenvalue weighted by Gasteiger charge is -1.90. The molecule has 0 bridgehead atoms. The van der Waals surface area contributed by atoms with Crippen molar-refractivity contribution in [3.63, 3.8) is 0 Å². The Bertz CT molecular complexity index is 177. The lowest BCUT2D eigenvalue weighted by atomic mass is 10.4. The maximum atomic E-state index is 5.54. The zero-order valence-electron chi connectivity index (χ0n) is 6.21. The molecule has 0 saturated heterocycles. The van der Waals surface area contributed by atoms with E-state index < -0.39 is 0 Å². The molecule has 0 N–H and O–H groups in total. The number of aryl methyl sites for hydroxylation is 1. The van der Waals surface area contributed by atoms with Gasteiger partial charge in [-0.1, -0.05) is 6.07 Å². The average Bonchev–Trinajstić information content (AvgIpc) is 2.03. The minimum absolute atomic E-state index is 0. The van der Waals surface area contributed by atoms with Crippen LogP contribution in [0.25, 0.3) is 0 Å². The van der Waals surface area contributed by atoms with Crippen LogP contribution in [0.5, 0.6) is 0 Å². The first-order chi connectivity index (χ1) is 4.93. The molecule has 0 radical (unpaired) electrons. The molecule has 0 aliphatic heterocycles. The first-order valence-electron chi connectivity index (χ1n) is 3.43. The molecular weight excluding hydrogens is 181 g/mol. The molecule has 11 heavy (non-hydrogen) atoms. The largest absolute Gasteiger partial charge is 1.00 e. The summed E-state index contributed by atoms with van der Waals surface area (Å²) in [6.07, 6.45) is 5.13. The molecule has 1 nitrogen and oxygen atoms in total. The molecule has 0 saturated carbocycles. The van der Waals surface area contributed by atoms with Crippen molar-refractivity contribution in [3.8, 4) is 0 Å². The van der Waals surface area contributed by atoms with E-state index in [-0.39, 0.29) is 12.4 Å². The van der Waals surface area contributed by atoms with Gasteiger partial charge in [0.05, 0.1) is 0 Å². The van der Waals surface area contributed by atoms with Gasteiger partial charge in [0.15, 0.2) is 12.4 Å². The van der Waals surface area contributed by atoms with E-state index in [0.717, 1.165) is 18.8 Å². The van der Waals surface area contributed by atoms with Gasteiger partial charge in [-0.15, -0.1) is 11.6 Å². The summed E-state index contributed by atoms with van der Waals surface area (Å²) < 4.78 is 2.13. The molecule has 3 heteroatoms. The van der Waals surface area contributed by atoms with Crippen LogP contribution in [0, 0.1) is 0 Å². The van der Waals surface area contributed by atoms with E-state index in [1.807, 2.05) is 30.6 Å². The van der Waals surface area contributed by atoms with E-state index >= 15 is 0 Å². The Kier molecular flexibility index (Phi) is 6.28. The molecule has 0 fully saturated rings. The van der Waals surface area contributed by atoms with E-state index in [1.54, 1.807) is 0 Å². The molecule has 62 valence electrons. The Labute approximate surface area is 78.4 Å². The molecule has 1 heterocycles. The summed E-state index contributed by atoms with van der Waals surface area (Å²) in [5, 5.41) is 0. The fraction of sp³-hybridized carbons (Fsp3) is 0.375. The number of halogens is 2. The van der Waals surface area contributed by atoms with Crippen LogP contribution in [0.15, 0.2) is 30.6 Å². The summed E-state index contributed by atoms with van der Waals surface area (Å²) in [7, 11) is 0. The second kappa shape index (κ2) is 6.44. The van der Waals surface area contributed by atoms with E-state index in [2.05, 4.69) is 4.57 Å². The number of hydrogen-bond acceptors (Lipinski definition) is 0. The monoisotopic (exact) mass is 191 g/mol. The van der Waals surface area contributed by atoms with Gasteiger partial charge in [-0.05, 0) is 0 Å². The van der Waals surface area contributed by atoms with Crippen LogP contribution in [0.1, 0.15) is 6.42 Å². The van der Waals surface area contributed by atoms with Gasteiger partial charge in [0.2, 0.25) is 0 Å². The summed E-state index contributed by atoms with van der Waals surface area (Å²) in [6.45, 7) is 1.02. The van der Waals surface area contributed by atoms with Gasteiger partial charge in [-0.3, -0.25) is 0 Å². The third-order valence-corrected chi connectivity index (χ3v) is 1.59. The van der Waals surface area contributed by atoms with Crippen molar-refractivity contribution in [2.24, 2.45) is 0 Å². The Morgan fingerprint density at radius 2 is 1.73 bits per heavy atom. The van der Waals surface area contributed by atoms with E-state index in [0.29, 0.717) is 0 Å². The maximum absolute atomic E-state index is 5.54. The fourth-order valence-electron chi connectivity index (χ4n) is 0.826. The van der Waals surface area contributed by atoms with Crippen molar-refractivity contribution in [2.45, 2.75) is 13.0 Å². The molecule has 0 aliphatic rings. The molecular formula is C8H11Cl2N. The van der Waals surface area contributed by atoms with Gasteiger partial charge < -0.3 is 12.4 Å². The predicted molar refractivity (Wildman–Crippen MR) is 42.0 cm³/mol. The smallest absolute Gasteiger partial charge is 0.168 e. The predicted octanol–water partition coefficient (Wildman–Crippen LogP) is -1.39. The number of nitrogens with zero attached hydrogens (tertiary/aromatic N) is 1. The number of hydrogen-bond donors (Lipinski definition) is 0. The Morgan fingerprint density at radius 3 is 2.27 bits per heavy atom. The summed E-state index contributed by atoms with van der Waals surface area (Å²) in [4.78, 5) is 0. The standard InChI is InChI=1S/C8H11ClN.ClH/c9-5-4-8-10-6-2-1-3-7-10;/h1-3,6-7H,4-5,8H2;1H/q+1;/p-1. The van der Waals surface area contributed by atoms with Crippen molar-refractivity contribution in [2.75, 3.05) is 5.88 Å². The Balaban J connectivity index is 0.000001000. The molecule has 1 rings (SSSR count). The highest BCUT2D eigenvalue weighted by atomic mass is 35.5. The van der Waals surface area contributed by atoms with Crippen LogP contribution in [0.2, 0.25) is 0 Å². The molecule has 0 aliphatic carbocycles. The van der Waals surface area contributed by atoms with Gasteiger partial charge in [0.1, 0.15) is 6.54 Å². The lowest BCUT2D eigenvalue weighted by molar-refractivity contribution is -0.696. The first-order valence-corrected chi connectivity index (χ1v) is 3.97. The van der Waals surface area contributed by atoms with Crippen LogP contribution in [-0.2, 0) is 6.54 Å². The van der Waals surface area contributed by atoms with Gasteiger partial charge >= 0.3 is 0 Å². The Hall–Kier alpha value is -0.270. The molecule has 1 aromatic heterocycles. The topological polar surface area (TPSA) is 3.88 Å². The molecule has 0 unspecified atom stereocenters. The normalized spacial score (nSPS) is 8.82. The van der Waals surface area contributed by atoms with Gasteiger partial charge in [0.25, 0.3) is 0 Å². The van der Waals surface area contributed by atoms with Crippen LogP contribution >= 0.6 is 11.6 Å². The highest BCUT2D eigenvalue weighted by molar-refractivity contribution is 6.17. The minimum Gasteiger partial charge on any atom is -1.00 e. The molecule has 0 aromatic carbocycles. The number of rotatable bonds is 3. The number of aromatic nitrogens is 1. The van der Waals surface area contributed by atoms with Crippen LogP contribution in [0.4, 0.5) is 0 Å². The molecule has 0 spiro atoms. The SMILES string of the molecule is ClCCC[n+]1ccccc1.[Cl-]. The number of alkyl halides is 1. The second-order valence-electron chi connectivity index (χ2n) is 2.16. The zero-order valence-corrected chi connectivity index (χ0v) is 7.72. The fourth-order valence-corrected chi connectivity index (χ4v) is 0.945. The summed E-state index contributed by atoms with van der Waals surface area (Å²) >= 11 is 5.54. The van der Waals surface area contributed by atoms with E-state index in [1.165, 1.54) is 0 Å². The van der Waals surface area contributed by atoms with E-state index in [9.17, 15) is 0 Å². The van der Waals surface area contributed by atoms with Crippen LogP contribution < -0.4 is 17.0 Å². The number of pyridine rings is 1. The molecule has 1 aromatic rings. The van der Waals surface area contributed by atoms with E-state index in [4.69, 9.17) is 11.6 Å². The molecule has 0 amide bonds. The van der Waals surface area contributed by atoms with Crippen molar-refractivity contribution < 1.29 is 17.0 Å². The Morgan fingerprint density at radius 1 is 1.09 bits per heavy atom. The second-order valence-corrected chi connectivity index (χ2v) is 2.53. The summed E-state index contributed by atoms with van der Waals surface area (Å²) in [5.41, 5.74) is 0. The highest BCUT2D eigenvalue weighted by Gasteiger charge is 1.94. The lowest BCUT2D eigenvalue weighted by Crippen LogP contribution is -3.00. The summed E-state index contributed by atoms with van der Waals surface area (Å²) in [6, 6.07) is 6.06. The average molecular weight is 192 g/mol. The van der Waals surface area contributed by atoms with Crippen LogP contribution in [0.3, 0.4) is 0 Å². The quantitative estimate of drug-likeness (QED) is 0.410. The maximum Gasteiger partial charge on any atom is 0.168 e. The van der Waals surface area contributed by atoms with Crippen molar-refractivity contribution >= 4 is 11.6 Å². The third-order valence-electron chi connectivity index (χ3n) is 1.33. The van der Waals surface area contributed by atoms with Gasteiger partial charge in [-0.2, -0.15) is 0 Å². The highest BCUT2D eigenvalue weighted by Crippen LogP contribution is 1.84. The summed E-state index contributed by atoms with van der Waals surface area (Å²) in [5.74, 6) is 0.738. The molecule has 0 atom stereocenters. The minimum atomic E-state index is 0. The van der Waals surface area contributed by atoms with Gasteiger partial charge in [0, 0.05) is 24.4 Å². The first kappa shape index (κ1) is 10.7. The third kappa shape index (κ3) is 4.23. The van der Waals surface area contributed by atoms with Crippen molar-refractivity contribution in [1.82, 2.24) is 0 Å². The van der Waals surface area contributed by atoms with Crippen molar-refractivity contribution in [3.05, 3.63) is 30.6 Å². The van der Waals surface area contributed by atoms with Crippen molar-refractivity contribution in [1.29, 1.82) is 0 Å².